The summed E-state index contributed by atoms with van der Waals surface area (Å²) in [5.41, 5.74) is 1.33. The lowest BCUT2D eigenvalue weighted by Crippen LogP contribution is -2.41. The lowest BCUT2D eigenvalue weighted by molar-refractivity contribution is 0.00578. The zero-order valence-electron chi connectivity index (χ0n) is 14.4. The minimum atomic E-state index is -0.868. The van der Waals surface area contributed by atoms with Gasteiger partial charge in [0.05, 0.1) is 11.2 Å². The van der Waals surface area contributed by atoms with E-state index in [-0.39, 0.29) is 5.82 Å². The zero-order chi connectivity index (χ0) is 17.5. The molecule has 1 atom stereocenters. The third-order valence-electron chi connectivity index (χ3n) is 4.94. The van der Waals surface area contributed by atoms with Crippen LogP contribution in [0.3, 0.4) is 0 Å². The Morgan fingerprint density at radius 2 is 1.50 bits per heavy atom. The van der Waals surface area contributed by atoms with Gasteiger partial charge in [-0.1, -0.05) is 36.4 Å². The van der Waals surface area contributed by atoms with E-state index in [1.807, 2.05) is 52.0 Å². The van der Waals surface area contributed by atoms with Gasteiger partial charge in [0.2, 0.25) is 0 Å². The summed E-state index contributed by atoms with van der Waals surface area (Å²) in [5, 5.41) is 10.4. The normalized spacial score (nSPS) is 20.2. The van der Waals surface area contributed by atoms with E-state index >= 15 is 0 Å². The first-order valence-electron chi connectivity index (χ1n) is 8.09. The molecule has 1 aliphatic heterocycles. The molecule has 3 rings (SSSR count). The van der Waals surface area contributed by atoms with Gasteiger partial charge in [-0.2, -0.15) is 0 Å². The van der Waals surface area contributed by atoms with Crippen molar-refractivity contribution in [2.45, 2.75) is 45.0 Å². The van der Waals surface area contributed by atoms with Crippen LogP contribution in [0.15, 0.2) is 48.5 Å². The fourth-order valence-electron chi connectivity index (χ4n) is 2.68. The van der Waals surface area contributed by atoms with Crippen LogP contribution in [0.5, 0.6) is 0 Å². The quantitative estimate of drug-likeness (QED) is 0.880. The van der Waals surface area contributed by atoms with E-state index in [4.69, 9.17) is 9.31 Å². The highest BCUT2D eigenvalue weighted by Crippen LogP contribution is 2.36. The van der Waals surface area contributed by atoms with Crippen LogP contribution in [0, 0.1) is 5.82 Å². The number of aliphatic hydroxyl groups excluding tert-OH is 1. The molecular weight excluding hydrogens is 306 g/mol. The molecular formula is C19H22BFO3. The molecule has 1 heterocycles. The Kier molecular flexibility index (Phi) is 4.28. The molecule has 24 heavy (non-hydrogen) atoms. The van der Waals surface area contributed by atoms with Crippen LogP contribution in [0.4, 0.5) is 4.39 Å². The van der Waals surface area contributed by atoms with E-state index in [2.05, 4.69) is 0 Å². The molecule has 1 saturated heterocycles. The van der Waals surface area contributed by atoms with Crippen molar-refractivity contribution < 1.29 is 18.8 Å². The molecule has 1 fully saturated rings. The van der Waals surface area contributed by atoms with Crippen LogP contribution in [-0.2, 0) is 9.31 Å². The van der Waals surface area contributed by atoms with Gasteiger partial charge in [-0.3, -0.25) is 0 Å². The van der Waals surface area contributed by atoms with Crippen LogP contribution in [0.25, 0.3) is 0 Å². The third-order valence-corrected chi connectivity index (χ3v) is 4.94. The number of aliphatic hydroxyl groups is 1. The lowest BCUT2D eigenvalue weighted by atomic mass is 9.78. The number of halogens is 1. The molecule has 1 N–H and O–H groups in total. The fraction of sp³-hybridized carbons (Fsp3) is 0.368. The largest absolute Gasteiger partial charge is 0.494 e. The Morgan fingerprint density at radius 1 is 0.917 bits per heavy atom. The maximum absolute atomic E-state index is 13.3. The highest BCUT2D eigenvalue weighted by atomic mass is 19.1. The Labute approximate surface area is 142 Å². The molecule has 0 saturated carbocycles. The second-order valence-corrected chi connectivity index (χ2v) is 7.21. The van der Waals surface area contributed by atoms with Crippen molar-refractivity contribution in [2.75, 3.05) is 0 Å². The van der Waals surface area contributed by atoms with E-state index in [1.54, 1.807) is 12.1 Å². The molecule has 0 aliphatic carbocycles. The van der Waals surface area contributed by atoms with Crippen molar-refractivity contribution in [3.8, 4) is 0 Å². The van der Waals surface area contributed by atoms with Gasteiger partial charge in [0.15, 0.2) is 0 Å². The Hall–Kier alpha value is -1.69. The highest BCUT2D eigenvalue weighted by Gasteiger charge is 2.51. The summed E-state index contributed by atoms with van der Waals surface area (Å²) in [6.07, 6.45) is -0.868. The van der Waals surface area contributed by atoms with Gasteiger partial charge in [-0.05, 0) is 56.4 Å². The number of hydrogen-bond acceptors (Lipinski definition) is 3. The van der Waals surface area contributed by atoms with Crippen LogP contribution in [0.2, 0.25) is 0 Å². The maximum Gasteiger partial charge on any atom is 0.494 e. The van der Waals surface area contributed by atoms with Gasteiger partial charge in [-0.15, -0.1) is 0 Å². The molecule has 2 aromatic carbocycles. The second-order valence-electron chi connectivity index (χ2n) is 7.21. The molecule has 1 aliphatic rings. The number of rotatable bonds is 3. The van der Waals surface area contributed by atoms with E-state index in [1.165, 1.54) is 12.1 Å². The van der Waals surface area contributed by atoms with Crippen molar-refractivity contribution in [3.05, 3.63) is 65.5 Å². The summed E-state index contributed by atoms with van der Waals surface area (Å²) < 4.78 is 25.3. The van der Waals surface area contributed by atoms with Crippen LogP contribution < -0.4 is 5.46 Å². The van der Waals surface area contributed by atoms with Crippen LogP contribution >= 0.6 is 0 Å². The van der Waals surface area contributed by atoms with Gasteiger partial charge in [-0.25, -0.2) is 4.39 Å². The predicted octanol–water partition coefficient (Wildman–Crippen LogP) is 3.21. The molecule has 126 valence electrons. The summed E-state index contributed by atoms with van der Waals surface area (Å²) in [6.45, 7) is 8.04. The summed E-state index contributed by atoms with van der Waals surface area (Å²) in [4.78, 5) is 0. The predicted molar refractivity (Wildman–Crippen MR) is 92.6 cm³/mol. The highest BCUT2D eigenvalue weighted by molar-refractivity contribution is 6.62. The number of benzene rings is 2. The van der Waals surface area contributed by atoms with Crippen molar-refractivity contribution in [1.82, 2.24) is 0 Å². The Morgan fingerprint density at radius 3 is 2.04 bits per heavy atom. The van der Waals surface area contributed by atoms with Crippen LogP contribution in [-0.4, -0.2) is 23.4 Å². The first kappa shape index (κ1) is 17.1. The molecule has 0 radical (unpaired) electrons. The van der Waals surface area contributed by atoms with Crippen molar-refractivity contribution in [3.63, 3.8) is 0 Å². The molecule has 2 aromatic rings. The molecule has 5 heteroatoms. The standard InChI is InChI=1S/C19H22BFO3/c1-18(2)19(3,4)24-20(23-18)15-10-8-13(9-11-15)17(22)14-6-5-7-16(21)12-14/h5-12,17,22H,1-4H3. The second kappa shape index (κ2) is 5.99. The number of hydrogen-bond donors (Lipinski definition) is 1. The molecule has 1 unspecified atom stereocenters. The molecule has 0 amide bonds. The van der Waals surface area contributed by atoms with Gasteiger partial charge in [0.25, 0.3) is 0 Å². The van der Waals surface area contributed by atoms with Crippen molar-refractivity contribution in [1.29, 1.82) is 0 Å². The van der Waals surface area contributed by atoms with Gasteiger partial charge < -0.3 is 14.4 Å². The van der Waals surface area contributed by atoms with E-state index in [9.17, 15) is 9.50 Å². The third kappa shape index (κ3) is 3.12. The monoisotopic (exact) mass is 328 g/mol. The average molecular weight is 328 g/mol. The lowest BCUT2D eigenvalue weighted by Gasteiger charge is -2.32. The summed E-state index contributed by atoms with van der Waals surface area (Å²) in [5.74, 6) is -0.361. The summed E-state index contributed by atoms with van der Waals surface area (Å²) >= 11 is 0. The Balaban J connectivity index is 1.79. The first-order chi connectivity index (χ1) is 11.2. The van der Waals surface area contributed by atoms with Gasteiger partial charge in [0.1, 0.15) is 11.9 Å². The molecule has 0 spiro atoms. The van der Waals surface area contributed by atoms with E-state index in [0.717, 1.165) is 5.46 Å². The minimum Gasteiger partial charge on any atom is -0.399 e. The van der Waals surface area contributed by atoms with Crippen molar-refractivity contribution >= 4 is 12.6 Å². The summed E-state index contributed by atoms with van der Waals surface area (Å²) in [7, 11) is -0.435. The molecule has 3 nitrogen and oxygen atoms in total. The zero-order valence-corrected chi connectivity index (χ0v) is 14.4. The van der Waals surface area contributed by atoms with Gasteiger partial charge >= 0.3 is 7.12 Å². The maximum atomic E-state index is 13.3. The van der Waals surface area contributed by atoms with Crippen LogP contribution in [0.1, 0.15) is 44.9 Å². The smallest absolute Gasteiger partial charge is 0.399 e. The SMILES string of the molecule is CC1(C)OB(c2ccc(C(O)c3cccc(F)c3)cc2)OC1(C)C. The topological polar surface area (TPSA) is 38.7 Å². The molecule has 0 bridgehead atoms. The fourth-order valence-corrected chi connectivity index (χ4v) is 2.68. The van der Waals surface area contributed by atoms with E-state index < -0.39 is 24.4 Å². The first-order valence-corrected chi connectivity index (χ1v) is 8.09. The Bertz CT molecular complexity index is 712. The minimum absolute atomic E-state index is 0.361. The van der Waals surface area contributed by atoms with Crippen molar-refractivity contribution in [2.24, 2.45) is 0 Å². The average Bonchev–Trinajstić information content (AvgIpc) is 2.75. The van der Waals surface area contributed by atoms with Gasteiger partial charge in [0, 0.05) is 0 Å². The molecule has 0 aromatic heterocycles. The van der Waals surface area contributed by atoms with E-state index in [0.29, 0.717) is 11.1 Å². The summed E-state index contributed by atoms with van der Waals surface area (Å²) in [6, 6.07) is 13.4.